The maximum absolute atomic E-state index is 5.24. The number of H-pyrrole nitrogens is 1. The Labute approximate surface area is 131 Å². The van der Waals surface area contributed by atoms with E-state index in [1.165, 1.54) is 6.42 Å². The molecule has 21 heavy (non-hydrogen) atoms. The zero-order valence-corrected chi connectivity index (χ0v) is 14.1. The molecule has 2 aromatic rings. The number of aromatic nitrogens is 2. The third-order valence-electron chi connectivity index (χ3n) is 3.41. The van der Waals surface area contributed by atoms with Crippen molar-refractivity contribution in [2.45, 2.75) is 50.1 Å². The maximum atomic E-state index is 5.24. The summed E-state index contributed by atoms with van der Waals surface area (Å²) in [6, 6.07) is 6.46. The highest BCUT2D eigenvalue weighted by Crippen LogP contribution is 2.27. The van der Waals surface area contributed by atoms with E-state index < -0.39 is 0 Å². The molecule has 1 heterocycles. The van der Waals surface area contributed by atoms with Gasteiger partial charge in [0.1, 0.15) is 5.75 Å². The molecule has 1 aromatic carbocycles. The average Bonchev–Trinajstić information content (AvgIpc) is 2.85. The standard InChI is InChI=1S/C16H25N3OS/c1-5-8-17-11(2)9-12(3)21-16-18-14-7-6-13(20-4)10-15(14)19-16/h6-7,10-12,17H,5,8-9H2,1-4H3,(H,18,19). The molecule has 1 aromatic heterocycles. The zero-order valence-electron chi connectivity index (χ0n) is 13.3. The van der Waals surface area contributed by atoms with Crippen molar-refractivity contribution < 1.29 is 4.74 Å². The van der Waals surface area contributed by atoms with Gasteiger partial charge in [0.25, 0.3) is 0 Å². The summed E-state index contributed by atoms with van der Waals surface area (Å²) in [5.41, 5.74) is 2.02. The largest absolute Gasteiger partial charge is 0.497 e. The molecule has 116 valence electrons. The van der Waals surface area contributed by atoms with E-state index in [9.17, 15) is 0 Å². The summed E-state index contributed by atoms with van der Waals surface area (Å²) in [6.45, 7) is 7.78. The van der Waals surface area contributed by atoms with Crippen LogP contribution < -0.4 is 10.1 Å². The molecule has 0 aliphatic carbocycles. The Hall–Kier alpha value is -1.20. The Bertz CT molecular complexity index is 570. The summed E-state index contributed by atoms with van der Waals surface area (Å²) >= 11 is 1.80. The first kappa shape index (κ1) is 16.2. The van der Waals surface area contributed by atoms with Gasteiger partial charge in [0, 0.05) is 17.4 Å². The number of ether oxygens (including phenoxy) is 1. The molecule has 0 aliphatic heterocycles. The van der Waals surface area contributed by atoms with Gasteiger partial charge in [0.15, 0.2) is 5.16 Å². The van der Waals surface area contributed by atoms with Crippen LogP contribution in [0.4, 0.5) is 0 Å². The van der Waals surface area contributed by atoms with Crippen LogP contribution in [0.5, 0.6) is 5.75 Å². The number of fused-ring (bicyclic) bond motifs is 1. The fourth-order valence-electron chi connectivity index (χ4n) is 2.36. The van der Waals surface area contributed by atoms with Gasteiger partial charge in [-0.3, -0.25) is 0 Å². The second-order valence-electron chi connectivity index (χ2n) is 5.44. The van der Waals surface area contributed by atoms with Crippen LogP contribution in [0.3, 0.4) is 0 Å². The maximum Gasteiger partial charge on any atom is 0.166 e. The van der Waals surface area contributed by atoms with Crippen LogP contribution in [0.2, 0.25) is 0 Å². The van der Waals surface area contributed by atoms with E-state index in [0.717, 1.165) is 34.9 Å². The molecule has 0 radical (unpaired) electrons. The SMILES string of the molecule is CCCNC(C)CC(C)Sc1nc2ccc(OC)cc2[nH]1. The first-order valence-electron chi connectivity index (χ1n) is 7.56. The zero-order chi connectivity index (χ0) is 15.2. The van der Waals surface area contributed by atoms with Gasteiger partial charge in [-0.15, -0.1) is 0 Å². The lowest BCUT2D eigenvalue weighted by molar-refractivity contribution is 0.415. The third-order valence-corrected chi connectivity index (χ3v) is 4.42. The quantitative estimate of drug-likeness (QED) is 0.728. The molecule has 0 fully saturated rings. The Balaban J connectivity index is 1.95. The molecule has 0 bridgehead atoms. The summed E-state index contributed by atoms with van der Waals surface area (Å²) in [5, 5.41) is 5.03. The van der Waals surface area contributed by atoms with Crippen molar-refractivity contribution in [3.63, 3.8) is 0 Å². The monoisotopic (exact) mass is 307 g/mol. The Morgan fingerprint density at radius 3 is 2.90 bits per heavy atom. The predicted molar refractivity (Wildman–Crippen MR) is 90.3 cm³/mol. The molecule has 0 saturated heterocycles. The number of hydrogen-bond acceptors (Lipinski definition) is 4. The van der Waals surface area contributed by atoms with E-state index in [2.05, 4.69) is 36.1 Å². The Morgan fingerprint density at radius 1 is 1.38 bits per heavy atom. The van der Waals surface area contributed by atoms with Crippen molar-refractivity contribution in [2.75, 3.05) is 13.7 Å². The molecule has 4 nitrogen and oxygen atoms in total. The second-order valence-corrected chi connectivity index (χ2v) is 6.87. The van der Waals surface area contributed by atoms with E-state index in [1.807, 2.05) is 18.2 Å². The van der Waals surface area contributed by atoms with E-state index in [1.54, 1.807) is 18.9 Å². The fraction of sp³-hybridized carbons (Fsp3) is 0.562. The van der Waals surface area contributed by atoms with Crippen molar-refractivity contribution >= 4 is 22.8 Å². The summed E-state index contributed by atoms with van der Waals surface area (Å²) in [7, 11) is 1.68. The molecule has 2 atom stereocenters. The van der Waals surface area contributed by atoms with Gasteiger partial charge >= 0.3 is 0 Å². The molecule has 5 heteroatoms. The first-order valence-corrected chi connectivity index (χ1v) is 8.44. The molecule has 0 spiro atoms. The summed E-state index contributed by atoms with van der Waals surface area (Å²) in [4.78, 5) is 8.00. The molecular formula is C16H25N3OS. The number of rotatable bonds is 8. The normalized spacial score (nSPS) is 14.3. The van der Waals surface area contributed by atoms with Crippen LogP contribution in [-0.2, 0) is 0 Å². The molecule has 2 N–H and O–H groups in total. The first-order chi connectivity index (χ1) is 10.1. The topological polar surface area (TPSA) is 49.9 Å². The highest BCUT2D eigenvalue weighted by molar-refractivity contribution is 7.99. The van der Waals surface area contributed by atoms with Crippen LogP contribution in [-0.4, -0.2) is 34.9 Å². The van der Waals surface area contributed by atoms with Crippen molar-refractivity contribution in [3.8, 4) is 5.75 Å². The van der Waals surface area contributed by atoms with Crippen LogP contribution >= 0.6 is 11.8 Å². The highest BCUT2D eigenvalue weighted by Gasteiger charge is 2.12. The summed E-state index contributed by atoms with van der Waals surface area (Å²) < 4.78 is 5.24. The Morgan fingerprint density at radius 2 is 2.19 bits per heavy atom. The van der Waals surface area contributed by atoms with Crippen molar-refractivity contribution in [2.24, 2.45) is 0 Å². The molecule has 0 saturated carbocycles. The van der Waals surface area contributed by atoms with Crippen molar-refractivity contribution in [1.82, 2.24) is 15.3 Å². The second kappa shape index (κ2) is 7.71. The van der Waals surface area contributed by atoms with Crippen LogP contribution in [0.15, 0.2) is 23.4 Å². The number of methoxy groups -OCH3 is 1. The number of thioether (sulfide) groups is 1. The number of hydrogen-bond donors (Lipinski definition) is 2. The number of imidazole rings is 1. The van der Waals surface area contributed by atoms with Gasteiger partial charge in [-0.05, 0) is 38.4 Å². The van der Waals surface area contributed by atoms with Gasteiger partial charge in [-0.2, -0.15) is 0 Å². The number of nitrogens with zero attached hydrogens (tertiary/aromatic N) is 1. The number of benzene rings is 1. The lowest BCUT2D eigenvalue weighted by Gasteiger charge is -2.17. The lowest BCUT2D eigenvalue weighted by Crippen LogP contribution is -2.29. The molecule has 2 unspecified atom stereocenters. The van der Waals surface area contributed by atoms with E-state index >= 15 is 0 Å². The van der Waals surface area contributed by atoms with E-state index in [-0.39, 0.29) is 0 Å². The van der Waals surface area contributed by atoms with E-state index in [4.69, 9.17) is 4.74 Å². The minimum Gasteiger partial charge on any atom is -0.497 e. The number of nitrogens with one attached hydrogen (secondary N) is 2. The van der Waals surface area contributed by atoms with Crippen LogP contribution in [0.1, 0.15) is 33.6 Å². The van der Waals surface area contributed by atoms with Gasteiger partial charge in [0.05, 0.1) is 18.1 Å². The van der Waals surface area contributed by atoms with Gasteiger partial charge in [-0.1, -0.05) is 25.6 Å². The lowest BCUT2D eigenvalue weighted by atomic mass is 10.2. The smallest absolute Gasteiger partial charge is 0.166 e. The molecule has 0 amide bonds. The Kier molecular flexibility index (Phi) is 5.94. The van der Waals surface area contributed by atoms with Crippen LogP contribution in [0, 0.1) is 0 Å². The van der Waals surface area contributed by atoms with Gasteiger partial charge in [0.2, 0.25) is 0 Å². The van der Waals surface area contributed by atoms with Crippen molar-refractivity contribution in [3.05, 3.63) is 18.2 Å². The molecular weight excluding hydrogens is 282 g/mol. The average molecular weight is 307 g/mol. The van der Waals surface area contributed by atoms with Gasteiger partial charge in [-0.25, -0.2) is 4.98 Å². The minimum absolute atomic E-state index is 0.520. The third kappa shape index (κ3) is 4.64. The van der Waals surface area contributed by atoms with Gasteiger partial charge < -0.3 is 15.0 Å². The van der Waals surface area contributed by atoms with E-state index in [0.29, 0.717) is 11.3 Å². The molecule has 0 aliphatic rings. The number of aromatic amines is 1. The highest BCUT2D eigenvalue weighted by atomic mass is 32.2. The fourth-order valence-corrected chi connectivity index (χ4v) is 3.44. The van der Waals surface area contributed by atoms with Crippen LogP contribution in [0.25, 0.3) is 11.0 Å². The minimum atomic E-state index is 0.520. The van der Waals surface area contributed by atoms with Crippen molar-refractivity contribution in [1.29, 1.82) is 0 Å². The predicted octanol–water partition coefficient (Wildman–Crippen LogP) is 3.83. The summed E-state index contributed by atoms with van der Waals surface area (Å²) in [5.74, 6) is 0.855. The summed E-state index contributed by atoms with van der Waals surface area (Å²) in [6.07, 6.45) is 2.31. The molecule has 2 rings (SSSR count).